The fourth-order valence-corrected chi connectivity index (χ4v) is 5.09. The zero-order valence-corrected chi connectivity index (χ0v) is 10.9. The van der Waals surface area contributed by atoms with Gasteiger partial charge in [-0.25, -0.2) is 8.42 Å². The van der Waals surface area contributed by atoms with E-state index in [9.17, 15) is 8.42 Å². The molecule has 4 nitrogen and oxygen atoms in total. The highest BCUT2D eigenvalue weighted by molar-refractivity contribution is 7.91. The molecule has 0 aromatic carbocycles. The first-order valence-corrected chi connectivity index (χ1v) is 7.95. The van der Waals surface area contributed by atoms with Crippen molar-refractivity contribution in [1.29, 1.82) is 0 Å². The van der Waals surface area contributed by atoms with Crippen LogP contribution in [0.3, 0.4) is 0 Å². The second-order valence-corrected chi connectivity index (χ2v) is 7.92. The van der Waals surface area contributed by atoms with E-state index in [1.54, 1.807) is 6.07 Å². The van der Waals surface area contributed by atoms with E-state index < -0.39 is 9.84 Å². The Bertz CT molecular complexity index is 472. The summed E-state index contributed by atoms with van der Waals surface area (Å²) in [5, 5.41) is 0. The van der Waals surface area contributed by atoms with Crippen molar-refractivity contribution in [3.63, 3.8) is 0 Å². The molecule has 2 rings (SSSR count). The first-order chi connectivity index (χ1) is 7.52. The van der Waals surface area contributed by atoms with Gasteiger partial charge in [0.1, 0.15) is 0 Å². The van der Waals surface area contributed by atoms with Gasteiger partial charge in [-0.1, -0.05) is 11.6 Å². The Morgan fingerprint density at radius 2 is 2.31 bits per heavy atom. The van der Waals surface area contributed by atoms with Crippen LogP contribution >= 0.6 is 22.9 Å². The molecule has 2 unspecified atom stereocenters. The molecule has 90 valence electrons. The van der Waals surface area contributed by atoms with E-state index in [1.165, 1.54) is 11.3 Å². The van der Waals surface area contributed by atoms with Crippen molar-refractivity contribution in [2.24, 2.45) is 11.8 Å². The summed E-state index contributed by atoms with van der Waals surface area (Å²) in [6.07, 6.45) is 0.659. The number of nitrogens with two attached hydrogens (primary N) is 1. The number of hydrogen-bond acceptors (Lipinski definition) is 5. The molecule has 1 aromatic heterocycles. The lowest BCUT2D eigenvalue weighted by Crippen LogP contribution is -2.33. The Hall–Kier alpha value is -0.140. The number of hydrogen-bond donors (Lipinski definition) is 2. The van der Waals surface area contributed by atoms with E-state index in [0.29, 0.717) is 10.8 Å². The van der Waals surface area contributed by atoms with Crippen LogP contribution in [0.2, 0.25) is 4.34 Å². The first kappa shape index (κ1) is 12.3. The summed E-state index contributed by atoms with van der Waals surface area (Å²) in [7, 11) is -2.88. The lowest BCUT2D eigenvalue weighted by atomic mass is 9.98. The smallest absolute Gasteiger partial charge is 0.150 e. The highest BCUT2D eigenvalue weighted by Crippen LogP contribution is 2.35. The number of halogens is 1. The third-order valence-corrected chi connectivity index (χ3v) is 5.93. The molecule has 1 aliphatic rings. The topological polar surface area (TPSA) is 72.2 Å². The molecule has 1 aliphatic heterocycles. The molecule has 1 fully saturated rings. The minimum absolute atomic E-state index is 0.0460. The molecule has 0 bridgehead atoms. The fraction of sp³-hybridized carbons (Fsp3) is 0.556. The van der Waals surface area contributed by atoms with Gasteiger partial charge in [0, 0.05) is 4.88 Å². The number of thiophene rings is 1. The molecule has 2 heterocycles. The van der Waals surface area contributed by atoms with E-state index in [0.717, 1.165) is 4.88 Å². The second-order valence-electron chi connectivity index (χ2n) is 3.95. The number of nitrogens with one attached hydrogen (secondary N) is 1. The first-order valence-electron chi connectivity index (χ1n) is 4.93. The van der Waals surface area contributed by atoms with Crippen molar-refractivity contribution < 1.29 is 8.42 Å². The van der Waals surface area contributed by atoms with E-state index in [-0.39, 0.29) is 23.5 Å². The van der Waals surface area contributed by atoms with E-state index >= 15 is 0 Å². The van der Waals surface area contributed by atoms with Crippen LogP contribution in [-0.4, -0.2) is 19.9 Å². The van der Waals surface area contributed by atoms with Gasteiger partial charge in [-0.15, -0.1) is 11.3 Å². The number of hydrazine groups is 1. The zero-order chi connectivity index (χ0) is 11.8. The van der Waals surface area contributed by atoms with Gasteiger partial charge in [-0.05, 0) is 24.5 Å². The maximum absolute atomic E-state index is 11.4. The Balaban J connectivity index is 2.18. The van der Waals surface area contributed by atoms with Gasteiger partial charge in [0.05, 0.1) is 21.9 Å². The van der Waals surface area contributed by atoms with Gasteiger partial charge < -0.3 is 0 Å². The molecular formula is C9H13ClN2O2S2. The fourth-order valence-electron chi connectivity index (χ4n) is 2.03. The van der Waals surface area contributed by atoms with Gasteiger partial charge in [0.2, 0.25) is 0 Å². The van der Waals surface area contributed by atoms with Crippen LogP contribution in [0, 0.1) is 5.92 Å². The van der Waals surface area contributed by atoms with Crippen LogP contribution in [0.4, 0.5) is 0 Å². The average molecular weight is 281 g/mol. The van der Waals surface area contributed by atoms with E-state index in [1.807, 2.05) is 6.07 Å². The second kappa shape index (κ2) is 4.62. The van der Waals surface area contributed by atoms with E-state index in [4.69, 9.17) is 17.4 Å². The summed E-state index contributed by atoms with van der Waals surface area (Å²) in [4.78, 5) is 0.995. The minimum Gasteiger partial charge on any atom is -0.271 e. The molecule has 1 saturated heterocycles. The van der Waals surface area contributed by atoms with Gasteiger partial charge >= 0.3 is 0 Å². The highest BCUT2D eigenvalue weighted by Gasteiger charge is 2.34. The third kappa shape index (κ3) is 2.57. The monoisotopic (exact) mass is 280 g/mol. The predicted octanol–water partition coefficient (Wildman–Crippen LogP) is 1.34. The molecule has 16 heavy (non-hydrogen) atoms. The molecular weight excluding hydrogens is 268 g/mol. The van der Waals surface area contributed by atoms with Crippen LogP contribution in [0.5, 0.6) is 0 Å². The van der Waals surface area contributed by atoms with Gasteiger partial charge in [0.15, 0.2) is 9.84 Å². The van der Waals surface area contributed by atoms with Crippen LogP contribution in [0.1, 0.15) is 17.3 Å². The summed E-state index contributed by atoms with van der Waals surface area (Å²) in [6.45, 7) is 0. The Kier molecular flexibility index (Phi) is 3.56. The van der Waals surface area contributed by atoms with Crippen LogP contribution in [0.15, 0.2) is 12.1 Å². The van der Waals surface area contributed by atoms with Crippen molar-refractivity contribution in [3.05, 3.63) is 21.3 Å². The Morgan fingerprint density at radius 1 is 1.56 bits per heavy atom. The minimum atomic E-state index is -2.88. The quantitative estimate of drug-likeness (QED) is 0.647. The summed E-state index contributed by atoms with van der Waals surface area (Å²) >= 11 is 7.29. The highest BCUT2D eigenvalue weighted by atomic mass is 35.5. The standard InChI is InChI=1S/C9H13ClN2O2S2/c10-8-2-1-7(15-8)9(12-11)6-3-4-16(13,14)5-6/h1-2,6,9,12H,3-5,11H2. The molecule has 0 spiro atoms. The van der Waals surface area contributed by atoms with Gasteiger partial charge in [-0.2, -0.15) is 0 Å². The van der Waals surface area contributed by atoms with Crippen LogP contribution in [-0.2, 0) is 9.84 Å². The maximum atomic E-state index is 11.4. The van der Waals surface area contributed by atoms with Crippen molar-refractivity contribution in [2.45, 2.75) is 12.5 Å². The SMILES string of the molecule is NNC(c1ccc(Cl)s1)C1CCS(=O)(=O)C1. The number of sulfone groups is 1. The lowest BCUT2D eigenvalue weighted by molar-refractivity contribution is 0.405. The molecule has 0 amide bonds. The van der Waals surface area contributed by atoms with Gasteiger partial charge in [0.25, 0.3) is 0 Å². The summed E-state index contributed by atoms with van der Waals surface area (Å²) < 4.78 is 23.5. The largest absolute Gasteiger partial charge is 0.271 e. The van der Waals surface area contributed by atoms with E-state index in [2.05, 4.69) is 5.43 Å². The zero-order valence-electron chi connectivity index (χ0n) is 8.52. The molecule has 1 aromatic rings. The summed E-state index contributed by atoms with van der Waals surface area (Å²) in [5.41, 5.74) is 2.70. The van der Waals surface area contributed by atoms with Crippen molar-refractivity contribution >= 4 is 32.8 Å². The molecule has 7 heteroatoms. The Labute approximate surface area is 104 Å². The third-order valence-electron chi connectivity index (χ3n) is 2.82. The van der Waals surface area contributed by atoms with Crippen molar-refractivity contribution in [3.8, 4) is 0 Å². The molecule has 0 aliphatic carbocycles. The lowest BCUT2D eigenvalue weighted by Gasteiger charge is -2.19. The number of rotatable bonds is 3. The Morgan fingerprint density at radius 3 is 2.75 bits per heavy atom. The summed E-state index contributed by atoms with van der Waals surface area (Å²) in [5.74, 6) is 6.01. The normalized spacial score (nSPS) is 25.8. The van der Waals surface area contributed by atoms with Crippen LogP contribution in [0.25, 0.3) is 0 Å². The van der Waals surface area contributed by atoms with Gasteiger partial charge in [-0.3, -0.25) is 11.3 Å². The average Bonchev–Trinajstić information content (AvgIpc) is 2.75. The maximum Gasteiger partial charge on any atom is 0.150 e. The molecule has 2 atom stereocenters. The molecule has 3 N–H and O–H groups in total. The van der Waals surface area contributed by atoms with Crippen molar-refractivity contribution in [1.82, 2.24) is 5.43 Å². The summed E-state index contributed by atoms with van der Waals surface area (Å²) in [6, 6.07) is 3.58. The van der Waals surface area contributed by atoms with Crippen molar-refractivity contribution in [2.75, 3.05) is 11.5 Å². The molecule has 0 saturated carbocycles. The van der Waals surface area contributed by atoms with Crippen LogP contribution < -0.4 is 11.3 Å². The molecule has 0 radical (unpaired) electrons. The predicted molar refractivity (Wildman–Crippen MR) is 66.2 cm³/mol.